The van der Waals surface area contributed by atoms with Crippen LogP contribution < -0.4 is 5.32 Å². The van der Waals surface area contributed by atoms with Crippen molar-refractivity contribution in [2.75, 3.05) is 19.4 Å². The van der Waals surface area contributed by atoms with Gasteiger partial charge in [0, 0.05) is 26.6 Å². The quantitative estimate of drug-likeness (QED) is 0.766. The molecule has 1 atom stereocenters. The number of carbonyl (C=O) groups is 1. The van der Waals surface area contributed by atoms with Gasteiger partial charge in [-0.3, -0.25) is 4.79 Å². The van der Waals surface area contributed by atoms with Crippen LogP contribution in [0.4, 0.5) is 5.69 Å². The van der Waals surface area contributed by atoms with Crippen molar-refractivity contribution in [2.24, 2.45) is 0 Å². The van der Waals surface area contributed by atoms with Gasteiger partial charge < -0.3 is 10.4 Å². The number of rotatable bonds is 8. The van der Waals surface area contributed by atoms with Crippen molar-refractivity contribution in [2.45, 2.75) is 37.1 Å². The fraction of sp³-hybridized carbons (Fsp3) is 0.500. The Kier molecular flexibility index (Phi) is 6.17. The molecule has 0 bridgehead atoms. The minimum atomic E-state index is -3.51. The zero-order chi connectivity index (χ0) is 16.0. The third-order valence-electron chi connectivity index (χ3n) is 3.08. The first-order valence-corrected chi connectivity index (χ1v) is 8.19. The predicted octanol–water partition coefficient (Wildman–Crippen LogP) is 1.99. The lowest BCUT2D eigenvalue weighted by atomic mass is 10.1. The Labute approximate surface area is 125 Å². The Morgan fingerprint density at radius 3 is 2.52 bits per heavy atom. The van der Waals surface area contributed by atoms with Gasteiger partial charge in [-0.15, -0.1) is 0 Å². The zero-order valence-electron chi connectivity index (χ0n) is 12.5. The van der Waals surface area contributed by atoms with E-state index in [1.54, 1.807) is 24.3 Å². The van der Waals surface area contributed by atoms with Crippen LogP contribution in [-0.4, -0.2) is 43.9 Å². The van der Waals surface area contributed by atoms with Gasteiger partial charge in [-0.1, -0.05) is 12.1 Å². The number of anilines is 1. The molecule has 21 heavy (non-hydrogen) atoms. The highest BCUT2D eigenvalue weighted by atomic mass is 32.2. The number of sulfonamides is 1. The van der Waals surface area contributed by atoms with Crippen molar-refractivity contribution >= 4 is 21.7 Å². The van der Waals surface area contributed by atoms with E-state index in [9.17, 15) is 13.2 Å². The molecule has 0 radical (unpaired) electrons. The lowest BCUT2D eigenvalue weighted by Crippen LogP contribution is -2.24. The molecule has 0 aliphatic heterocycles. The minimum Gasteiger partial charge on any atom is -0.481 e. The number of benzene rings is 1. The predicted molar refractivity (Wildman–Crippen MR) is 81.9 cm³/mol. The summed E-state index contributed by atoms with van der Waals surface area (Å²) in [4.78, 5) is 10.7. The monoisotopic (exact) mass is 314 g/mol. The molecule has 0 amide bonds. The van der Waals surface area contributed by atoms with Gasteiger partial charge in [-0.2, -0.15) is 0 Å². The third kappa shape index (κ3) is 5.02. The van der Waals surface area contributed by atoms with Gasteiger partial charge in [-0.05, 0) is 31.9 Å². The molecule has 2 N–H and O–H groups in total. The van der Waals surface area contributed by atoms with Crippen LogP contribution in [0.5, 0.6) is 0 Å². The molecule has 0 aliphatic carbocycles. The third-order valence-corrected chi connectivity index (χ3v) is 4.95. The summed E-state index contributed by atoms with van der Waals surface area (Å²) in [7, 11) is -0.533. The van der Waals surface area contributed by atoms with E-state index in [1.165, 1.54) is 18.4 Å². The number of hydrogen-bond acceptors (Lipinski definition) is 4. The lowest BCUT2D eigenvalue weighted by Gasteiger charge is -2.19. The van der Waals surface area contributed by atoms with Crippen LogP contribution in [0.3, 0.4) is 0 Å². The van der Waals surface area contributed by atoms with Crippen LogP contribution in [0, 0.1) is 0 Å². The van der Waals surface area contributed by atoms with Gasteiger partial charge in [0.2, 0.25) is 10.0 Å². The lowest BCUT2D eigenvalue weighted by molar-refractivity contribution is -0.137. The van der Waals surface area contributed by atoms with Crippen LogP contribution in [0.25, 0.3) is 0 Å². The fourth-order valence-corrected chi connectivity index (χ4v) is 2.95. The molecule has 0 aliphatic rings. The first-order valence-electron chi connectivity index (χ1n) is 6.75. The zero-order valence-corrected chi connectivity index (χ0v) is 13.4. The highest BCUT2D eigenvalue weighted by Crippen LogP contribution is 2.24. The normalized spacial score (nSPS) is 13.1. The van der Waals surface area contributed by atoms with E-state index in [4.69, 9.17) is 5.11 Å². The molecular formula is C14H22N2O4S. The highest BCUT2D eigenvalue weighted by molar-refractivity contribution is 7.89. The molecule has 6 nitrogen and oxygen atoms in total. The number of nitrogens with one attached hydrogen (secondary N) is 1. The van der Waals surface area contributed by atoms with Crippen LogP contribution in [-0.2, 0) is 14.8 Å². The van der Waals surface area contributed by atoms with Crippen LogP contribution in [0.2, 0.25) is 0 Å². The van der Waals surface area contributed by atoms with E-state index >= 15 is 0 Å². The van der Waals surface area contributed by atoms with E-state index in [0.29, 0.717) is 18.5 Å². The molecule has 1 aromatic carbocycles. The largest absolute Gasteiger partial charge is 0.481 e. The van der Waals surface area contributed by atoms with Gasteiger partial charge in [0.05, 0.1) is 5.69 Å². The summed E-state index contributed by atoms with van der Waals surface area (Å²) in [6, 6.07) is 6.70. The van der Waals surface area contributed by atoms with E-state index in [0.717, 1.165) is 0 Å². The highest BCUT2D eigenvalue weighted by Gasteiger charge is 2.21. The second-order valence-electron chi connectivity index (χ2n) is 5.11. The fourth-order valence-electron chi connectivity index (χ4n) is 1.90. The van der Waals surface area contributed by atoms with Gasteiger partial charge >= 0.3 is 5.97 Å². The first-order chi connectivity index (χ1) is 9.75. The van der Waals surface area contributed by atoms with Crippen molar-refractivity contribution in [1.29, 1.82) is 0 Å². The average molecular weight is 314 g/mol. The second-order valence-corrected chi connectivity index (χ2v) is 7.24. The van der Waals surface area contributed by atoms with Gasteiger partial charge in [0.25, 0.3) is 0 Å². The Balaban J connectivity index is 2.83. The van der Waals surface area contributed by atoms with Crippen LogP contribution in [0.1, 0.15) is 26.2 Å². The summed E-state index contributed by atoms with van der Waals surface area (Å²) >= 11 is 0. The van der Waals surface area contributed by atoms with E-state index < -0.39 is 16.0 Å². The topological polar surface area (TPSA) is 86.7 Å². The number of nitrogens with zero attached hydrogens (tertiary/aromatic N) is 1. The van der Waals surface area contributed by atoms with Crippen molar-refractivity contribution in [1.82, 2.24) is 4.31 Å². The van der Waals surface area contributed by atoms with Crippen molar-refractivity contribution in [3.8, 4) is 0 Å². The Morgan fingerprint density at radius 2 is 1.95 bits per heavy atom. The number of carboxylic acids is 1. The number of hydrogen-bond donors (Lipinski definition) is 2. The van der Waals surface area contributed by atoms with E-state index in [2.05, 4.69) is 5.32 Å². The maximum absolute atomic E-state index is 12.2. The number of para-hydroxylation sites is 1. The summed E-state index contributed by atoms with van der Waals surface area (Å²) in [5.41, 5.74) is 0.536. The van der Waals surface area contributed by atoms with Crippen molar-refractivity contribution in [3.63, 3.8) is 0 Å². The second kappa shape index (κ2) is 7.42. The van der Waals surface area contributed by atoms with E-state index in [1.807, 2.05) is 6.92 Å². The molecule has 1 aromatic rings. The molecule has 1 unspecified atom stereocenters. The Bertz CT molecular complexity index is 584. The maximum atomic E-state index is 12.2. The van der Waals surface area contributed by atoms with E-state index in [-0.39, 0.29) is 17.4 Å². The molecule has 0 spiro atoms. The standard InChI is InChI=1S/C14H22N2O4S/c1-11(7-6-10-14(17)18)15-12-8-4-5-9-13(12)21(19,20)16(2)3/h4-5,8-9,11,15H,6-7,10H2,1-3H3,(H,17,18). The minimum absolute atomic E-state index is 0.0112. The molecule has 0 saturated heterocycles. The van der Waals surface area contributed by atoms with Crippen molar-refractivity contribution in [3.05, 3.63) is 24.3 Å². The maximum Gasteiger partial charge on any atom is 0.303 e. The summed E-state index contributed by atoms with van der Waals surface area (Å²) in [5, 5.41) is 11.8. The Hall–Kier alpha value is -1.60. The number of carboxylic acid groups (broad SMARTS) is 1. The molecule has 0 fully saturated rings. The Morgan fingerprint density at radius 1 is 1.33 bits per heavy atom. The molecule has 118 valence electrons. The van der Waals surface area contributed by atoms with Crippen LogP contribution >= 0.6 is 0 Å². The average Bonchev–Trinajstić information content (AvgIpc) is 2.38. The molecule has 7 heteroatoms. The molecule has 0 saturated carbocycles. The SMILES string of the molecule is CC(CCCC(=O)O)Nc1ccccc1S(=O)(=O)N(C)C. The summed E-state index contributed by atoms with van der Waals surface area (Å²) < 4.78 is 25.7. The molecular weight excluding hydrogens is 292 g/mol. The van der Waals surface area contributed by atoms with Crippen molar-refractivity contribution < 1.29 is 18.3 Å². The summed E-state index contributed by atoms with van der Waals surface area (Å²) in [6.07, 6.45) is 1.32. The summed E-state index contributed by atoms with van der Waals surface area (Å²) in [6.45, 7) is 1.90. The molecule has 0 heterocycles. The smallest absolute Gasteiger partial charge is 0.303 e. The van der Waals surface area contributed by atoms with Gasteiger partial charge in [-0.25, -0.2) is 12.7 Å². The van der Waals surface area contributed by atoms with Gasteiger partial charge in [0.1, 0.15) is 4.90 Å². The molecule has 0 aromatic heterocycles. The molecule has 1 rings (SSSR count). The van der Waals surface area contributed by atoms with Crippen LogP contribution in [0.15, 0.2) is 29.2 Å². The number of aliphatic carboxylic acids is 1. The van der Waals surface area contributed by atoms with Gasteiger partial charge in [0.15, 0.2) is 0 Å². The summed E-state index contributed by atoms with van der Waals surface area (Å²) in [5.74, 6) is -0.821. The first kappa shape index (κ1) is 17.5.